The van der Waals surface area contributed by atoms with Crippen molar-refractivity contribution in [2.75, 3.05) is 26.2 Å². The average molecular weight is 352 g/mol. The summed E-state index contributed by atoms with van der Waals surface area (Å²) in [5, 5.41) is 4.02. The van der Waals surface area contributed by atoms with Gasteiger partial charge in [0.1, 0.15) is 10.7 Å². The molecule has 0 atom stereocenters. The number of hydrogen-bond donors (Lipinski definition) is 0. The number of nitrogens with zero attached hydrogens (tertiary/aromatic N) is 4. The van der Waals surface area contributed by atoms with Gasteiger partial charge in [-0.25, -0.2) is 12.8 Å². The van der Waals surface area contributed by atoms with Gasteiger partial charge in [0.2, 0.25) is 10.0 Å². The first-order valence-electron chi connectivity index (χ1n) is 7.83. The van der Waals surface area contributed by atoms with E-state index in [1.807, 2.05) is 6.07 Å². The molecule has 1 aromatic heterocycles. The van der Waals surface area contributed by atoms with Crippen molar-refractivity contribution in [1.82, 2.24) is 19.0 Å². The van der Waals surface area contributed by atoms with Crippen LogP contribution in [0.2, 0.25) is 0 Å². The van der Waals surface area contributed by atoms with Crippen LogP contribution in [-0.2, 0) is 23.6 Å². The third-order valence-electron chi connectivity index (χ3n) is 4.43. The first-order chi connectivity index (χ1) is 11.4. The van der Waals surface area contributed by atoms with E-state index >= 15 is 0 Å². The summed E-state index contributed by atoms with van der Waals surface area (Å²) in [4.78, 5) is 2.40. The molecular weight excluding hydrogens is 331 g/mol. The van der Waals surface area contributed by atoms with Crippen molar-refractivity contribution in [3.8, 4) is 0 Å². The molecule has 0 bridgehead atoms. The molecule has 0 spiro atoms. The lowest BCUT2D eigenvalue weighted by molar-refractivity contribution is 0.181. The fourth-order valence-corrected chi connectivity index (χ4v) is 4.50. The maximum absolute atomic E-state index is 13.3. The number of hydrogen-bond acceptors (Lipinski definition) is 4. The van der Waals surface area contributed by atoms with Gasteiger partial charge >= 0.3 is 0 Å². The lowest BCUT2D eigenvalue weighted by Crippen LogP contribution is -2.48. The Morgan fingerprint density at radius 3 is 2.50 bits per heavy atom. The second-order valence-corrected chi connectivity index (χ2v) is 7.93. The number of aromatic nitrogens is 2. The molecule has 2 aromatic rings. The van der Waals surface area contributed by atoms with Gasteiger partial charge in [0.05, 0.1) is 11.9 Å². The van der Waals surface area contributed by atoms with E-state index in [1.165, 1.54) is 22.6 Å². The van der Waals surface area contributed by atoms with Crippen LogP contribution in [0.1, 0.15) is 11.3 Å². The fourth-order valence-electron chi connectivity index (χ4n) is 2.89. The minimum Gasteiger partial charge on any atom is -0.296 e. The summed E-state index contributed by atoms with van der Waals surface area (Å²) in [7, 11) is -1.78. The number of rotatable bonds is 4. The van der Waals surface area contributed by atoms with Gasteiger partial charge in [-0.1, -0.05) is 12.1 Å². The van der Waals surface area contributed by atoms with E-state index in [-0.39, 0.29) is 10.7 Å². The Balaban J connectivity index is 1.65. The first-order valence-corrected chi connectivity index (χ1v) is 9.27. The zero-order valence-electron chi connectivity index (χ0n) is 13.8. The van der Waals surface area contributed by atoms with Crippen molar-refractivity contribution in [3.63, 3.8) is 0 Å². The molecule has 0 amide bonds. The van der Waals surface area contributed by atoms with Crippen LogP contribution in [0.5, 0.6) is 0 Å². The Hall–Kier alpha value is -1.77. The molecule has 0 unspecified atom stereocenters. The van der Waals surface area contributed by atoms with Crippen molar-refractivity contribution in [2.45, 2.75) is 18.4 Å². The molecule has 0 saturated carbocycles. The fraction of sp³-hybridized carbons (Fsp3) is 0.438. The molecule has 0 aliphatic carbocycles. The Kier molecular flexibility index (Phi) is 4.71. The minimum absolute atomic E-state index is 0.249. The van der Waals surface area contributed by atoms with Crippen molar-refractivity contribution in [1.29, 1.82) is 0 Å². The molecule has 1 aliphatic heterocycles. The standard InChI is InChI=1S/C16H21FN4O2S/c1-13-16(11-18-19(13)2)24(22,23)21-8-6-20(7-9-21)12-14-4-3-5-15(17)10-14/h3-5,10-11H,6-9,12H2,1-2H3. The number of halogens is 1. The molecule has 1 saturated heterocycles. The summed E-state index contributed by atoms with van der Waals surface area (Å²) in [5.74, 6) is -0.249. The van der Waals surface area contributed by atoms with Gasteiger partial charge in [0, 0.05) is 39.8 Å². The van der Waals surface area contributed by atoms with Crippen LogP contribution < -0.4 is 0 Å². The van der Waals surface area contributed by atoms with Gasteiger partial charge in [-0.05, 0) is 24.6 Å². The molecule has 24 heavy (non-hydrogen) atoms. The van der Waals surface area contributed by atoms with E-state index in [1.54, 1.807) is 24.7 Å². The number of sulfonamides is 1. The highest BCUT2D eigenvalue weighted by molar-refractivity contribution is 7.89. The third-order valence-corrected chi connectivity index (χ3v) is 6.44. The monoisotopic (exact) mass is 352 g/mol. The van der Waals surface area contributed by atoms with Gasteiger partial charge < -0.3 is 0 Å². The lowest BCUT2D eigenvalue weighted by Gasteiger charge is -2.33. The number of benzene rings is 1. The van der Waals surface area contributed by atoms with Gasteiger partial charge in [-0.2, -0.15) is 9.40 Å². The second-order valence-electron chi connectivity index (χ2n) is 6.03. The molecule has 0 N–H and O–H groups in total. The highest BCUT2D eigenvalue weighted by Crippen LogP contribution is 2.21. The van der Waals surface area contributed by atoms with E-state index in [0.29, 0.717) is 38.4 Å². The highest BCUT2D eigenvalue weighted by Gasteiger charge is 2.31. The van der Waals surface area contributed by atoms with Crippen molar-refractivity contribution in [3.05, 3.63) is 47.5 Å². The molecule has 8 heteroatoms. The molecule has 1 aliphatic rings. The Bertz CT molecular complexity index is 826. The molecule has 3 rings (SSSR count). The van der Waals surface area contributed by atoms with Crippen LogP contribution in [0.4, 0.5) is 4.39 Å². The zero-order chi connectivity index (χ0) is 17.3. The van der Waals surface area contributed by atoms with Crippen LogP contribution >= 0.6 is 0 Å². The minimum atomic E-state index is -3.51. The predicted molar refractivity (Wildman–Crippen MR) is 88.4 cm³/mol. The molecule has 1 aromatic carbocycles. The van der Waals surface area contributed by atoms with E-state index in [4.69, 9.17) is 0 Å². The summed E-state index contributed by atoms with van der Waals surface area (Å²) >= 11 is 0. The number of aryl methyl sites for hydroxylation is 1. The van der Waals surface area contributed by atoms with Crippen molar-refractivity contribution < 1.29 is 12.8 Å². The smallest absolute Gasteiger partial charge is 0.246 e. The van der Waals surface area contributed by atoms with Crippen LogP contribution in [0.3, 0.4) is 0 Å². The Morgan fingerprint density at radius 2 is 1.92 bits per heavy atom. The van der Waals surface area contributed by atoms with E-state index in [9.17, 15) is 12.8 Å². The third kappa shape index (κ3) is 3.35. The zero-order valence-corrected chi connectivity index (χ0v) is 14.6. The summed E-state index contributed by atoms with van der Waals surface area (Å²) in [6, 6.07) is 6.51. The summed E-state index contributed by atoms with van der Waals surface area (Å²) < 4.78 is 41.8. The topological polar surface area (TPSA) is 58.4 Å². The normalized spacial score (nSPS) is 17.3. The number of piperazine rings is 1. The quantitative estimate of drug-likeness (QED) is 0.834. The molecular formula is C16H21FN4O2S. The Morgan fingerprint density at radius 1 is 1.21 bits per heavy atom. The van der Waals surface area contributed by atoms with Gasteiger partial charge in [-0.3, -0.25) is 9.58 Å². The summed E-state index contributed by atoms with van der Waals surface area (Å²) in [5.41, 5.74) is 1.53. The van der Waals surface area contributed by atoms with E-state index in [2.05, 4.69) is 10.00 Å². The molecule has 2 heterocycles. The molecule has 130 valence electrons. The Labute approximate surface area is 141 Å². The molecule has 0 radical (unpaired) electrons. The van der Waals surface area contributed by atoms with E-state index < -0.39 is 10.0 Å². The van der Waals surface area contributed by atoms with Gasteiger partial charge in [-0.15, -0.1) is 0 Å². The highest BCUT2D eigenvalue weighted by atomic mass is 32.2. The van der Waals surface area contributed by atoms with Crippen LogP contribution in [-0.4, -0.2) is 53.6 Å². The van der Waals surface area contributed by atoms with Crippen LogP contribution in [0.25, 0.3) is 0 Å². The second kappa shape index (κ2) is 6.62. The van der Waals surface area contributed by atoms with Crippen molar-refractivity contribution in [2.24, 2.45) is 7.05 Å². The summed E-state index contributed by atoms with van der Waals surface area (Å²) in [6.07, 6.45) is 1.41. The SMILES string of the molecule is Cc1c(S(=O)(=O)N2CCN(Cc3cccc(F)c3)CC2)cnn1C. The van der Waals surface area contributed by atoms with Crippen LogP contribution in [0, 0.1) is 12.7 Å². The van der Waals surface area contributed by atoms with Gasteiger partial charge in [0.25, 0.3) is 0 Å². The average Bonchev–Trinajstić information content (AvgIpc) is 2.88. The first kappa shape index (κ1) is 17.1. The maximum atomic E-state index is 13.3. The lowest BCUT2D eigenvalue weighted by atomic mass is 10.2. The molecule has 1 fully saturated rings. The largest absolute Gasteiger partial charge is 0.296 e. The van der Waals surface area contributed by atoms with Crippen LogP contribution in [0.15, 0.2) is 35.4 Å². The van der Waals surface area contributed by atoms with Crippen molar-refractivity contribution >= 4 is 10.0 Å². The van der Waals surface area contributed by atoms with E-state index in [0.717, 1.165) is 5.56 Å². The molecule has 6 nitrogen and oxygen atoms in total. The predicted octanol–water partition coefficient (Wildman–Crippen LogP) is 1.37. The van der Waals surface area contributed by atoms with Gasteiger partial charge in [0.15, 0.2) is 0 Å². The summed E-state index contributed by atoms with van der Waals surface area (Å²) in [6.45, 7) is 4.46. The maximum Gasteiger partial charge on any atom is 0.246 e.